The van der Waals surface area contributed by atoms with Crippen molar-refractivity contribution in [3.8, 4) is 0 Å². The van der Waals surface area contributed by atoms with Gasteiger partial charge in [-0.15, -0.1) is 0 Å². The third kappa shape index (κ3) is 0.956. The topological polar surface area (TPSA) is 21.8 Å². The summed E-state index contributed by atoms with van der Waals surface area (Å²) in [4.78, 5) is 0. The first-order valence-corrected chi connectivity index (χ1v) is 3.99. The van der Waals surface area contributed by atoms with Gasteiger partial charge in [0.1, 0.15) is 0 Å². The first-order chi connectivity index (χ1) is 4.81. The molecule has 0 aromatic carbocycles. The predicted octanol–water partition coefficient (Wildman–Crippen LogP) is 1.20. The van der Waals surface area contributed by atoms with Crippen LogP contribution in [-0.4, -0.2) is 25.4 Å². The van der Waals surface area contributed by atoms with Crippen LogP contribution < -0.4 is 0 Å². The Kier molecular flexibility index (Phi) is 1.46. The Bertz CT molecular complexity index is 135. The van der Waals surface area contributed by atoms with E-state index in [1.807, 2.05) is 0 Å². The Balaban J connectivity index is 1.94. The van der Waals surface area contributed by atoms with Crippen molar-refractivity contribution in [3.63, 3.8) is 0 Å². The minimum atomic E-state index is 0.448. The van der Waals surface area contributed by atoms with Crippen LogP contribution in [0.2, 0.25) is 0 Å². The summed E-state index contributed by atoms with van der Waals surface area (Å²) in [6.45, 7) is 2.24. The zero-order valence-corrected chi connectivity index (χ0v) is 6.54. The Morgan fingerprint density at radius 3 is 2.70 bits per heavy atom. The highest BCUT2D eigenvalue weighted by atomic mass is 16.6. The summed E-state index contributed by atoms with van der Waals surface area (Å²) in [5.74, 6) is 0.689. The molecule has 4 atom stereocenters. The Labute approximate surface area is 61.5 Å². The molecule has 1 heterocycles. The van der Waals surface area contributed by atoms with Gasteiger partial charge in [0.25, 0.3) is 0 Å². The van der Waals surface area contributed by atoms with Gasteiger partial charge < -0.3 is 9.47 Å². The molecule has 0 amide bonds. The van der Waals surface area contributed by atoms with Gasteiger partial charge in [-0.2, -0.15) is 0 Å². The molecule has 1 aliphatic heterocycles. The summed E-state index contributed by atoms with van der Waals surface area (Å²) in [5.41, 5.74) is 0. The first-order valence-electron chi connectivity index (χ1n) is 3.99. The van der Waals surface area contributed by atoms with Crippen LogP contribution in [0, 0.1) is 5.92 Å². The van der Waals surface area contributed by atoms with Gasteiger partial charge in [0, 0.05) is 13.5 Å². The van der Waals surface area contributed by atoms with E-state index in [9.17, 15) is 0 Å². The summed E-state index contributed by atoms with van der Waals surface area (Å²) in [7, 11) is 1.80. The molecular weight excluding hydrogens is 128 g/mol. The van der Waals surface area contributed by atoms with E-state index in [0.29, 0.717) is 24.2 Å². The molecule has 0 aromatic rings. The number of hydrogen-bond donors (Lipinski definition) is 0. The van der Waals surface area contributed by atoms with Crippen LogP contribution in [0.5, 0.6) is 0 Å². The largest absolute Gasteiger partial charge is 0.381 e. The van der Waals surface area contributed by atoms with E-state index in [2.05, 4.69) is 6.92 Å². The highest BCUT2D eigenvalue weighted by Gasteiger charge is 2.46. The Morgan fingerprint density at radius 2 is 2.00 bits per heavy atom. The fraction of sp³-hybridized carbons (Fsp3) is 1.00. The molecule has 1 aliphatic carbocycles. The average Bonchev–Trinajstić information content (AvgIpc) is 2.64. The molecule has 2 aliphatic rings. The summed E-state index contributed by atoms with van der Waals surface area (Å²) in [5, 5.41) is 0. The smallest absolute Gasteiger partial charge is 0.0866 e. The van der Waals surface area contributed by atoms with Gasteiger partial charge in [-0.1, -0.05) is 6.92 Å². The van der Waals surface area contributed by atoms with Crippen molar-refractivity contribution >= 4 is 0 Å². The molecule has 0 spiro atoms. The fourth-order valence-corrected chi connectivity index (χ4v) is 1.90. The van der Waals surface area contributed by atoms with E-state index < -0.39 is 0 Å². The molecule has 0 aromatic heterocycles. The third-order valence-electron chi connectivity index (χ3n) is 2.69. The molecule has 0 N–H and O–H groups in total. The fourth-order valence-electron chi connectivity index (χ4n) is 1.90. The normalized spacial score (nSPS) is 52.2. The van der Waals surface area contributed by atoms with Crippen LogP contribution in [0.25, 0.3) is 0 Å². The van der Waals surface area contributed by atoms with Crippen molar-refractivity contribution in [3.05, 3.63) is 0 Å². The molecule has 2 rings (SSSR count). The van der Waals surface area contributed by atoms with Crippen molar-refractivity contribution in [2.75, 3.05) is 7.11 Å². The molecule has 0 bridgehead atoms. The molecule has 1 saturated heterocycles. The van der Waals surface area contributed by atoms with E-state index >= 15 is 0 Å². The van der Waals surface area contributed by atoms with Crippen molar-refractivity contribution in [1.82, 2.24) is 0 Å². The molecule has 2 nitrogen and oxygen atoms in total. The third-order valence-corrected chi connectivity index (χ3v) is 2.69. The van der Waals surface area contributed by atoms with E-state index in [-0.39, 0.29) is 0 Å². The molecule has 4 unspecified atom stereocenters. The van der Waals surface area contributed by atoms with E-state index in [1.54, 1.807) is 7.11 Å². The van der Waals surface area contributed by atoms with Gasteiger partial charge in [-0.25, -0.2) is 0 Å². The molecule has 10 heavy (non-hydrogen) atoms. The first kappa shape index (κ1) is 6.62. The number of methoxy groups -OCH3 is 1. The van der Waals surface area contributed by atoms with E-state index in [1.165, 1.54) is 6.42 Å². The van der Waals surface area contributed by atoms with Crippen LogP contribution in [0.1, 0.15) is 19.8 Å². The maximum absolute atomic E-state index is 5.40. The SMILES string of the molecule is COC1CC2OC2CC1C. The second-order valence-electron chi connectivity index (χ2n) is 3.44. The number of epoxide rings is 1. The summed E-state index contributed by atoms with van der Waals surface area (Å²) >= 11 is 0. The maximum atomic E-state index is 5.40. The van der Waals surface area contributed by atoms with Gasteiger partial charge in [-0.3, -0.25) is 0 Å². The summed E-state index contributed by atoms with van der Waals surface area (Å²) in [6.07, 6.45) is 3.89. The van der Waals surface area contributed by atoms with Gasteiger partial charge >= 0.3 is 0 Å². The second kappa shape index (κ2) is 2.21. The lowest BCUT2D eigenvalue weighted by Gasteiger charge is -2.24. The molecular formula is C8H14O2. The lowest BCUT2D eigenvalue weighted by molar-refractivity contribution is 0.0388. The molecule has 1 saturated carbocycles. The second-order valence-corrected chi connectivity index (χ2v) is 3.44. The van der Waals surface area contributed by atoms with Crippen molar-refractivity contribution < 1.29 is 9.47 Å². The predicted molar refractivity (Wildman–Crippen MR) is 37.9 cm³/mol. The monoisotopic (exact) mass is 142 g/mol. The van der Waals surface area contributed by atoms with Gasteiger partial charge in [0.2, 0.25) is 0 Å². The molecule has 2 fully saturated rings. The lowest BCUT2D eigenvalue weighted by Crippen LogP contribution is -2.28. The zero-order chi connectivity index (χ0) is 7.14. The van der Waals surface area contributed by atoms with Gasteiger partial charge in [0.15, 0.2) is 0 Å². The summed E-state index contributed by atoms with van der Waals surface area (Å²) in [6, 6.07) is 0. The molecule has 2 heteroatoms. The number of ether oxygens (including phenoxy) is 2. The maximum Gasteiger partial charge on any atom is 0.0866 e. The van der Waals surface area contributed by atoms with Crippen molar-refractivity contribution in [2.45, 2.75) is 38.1 Å². The van der Waals surface area contributed by atoms with Crippen molar-refractivity contribution in [1.29, 1.82) is 0 Å². The average molecular weight is 142 g/mol. The van der Waals surface area contributed by atoms with Crippen molar-refractivity contribution in [2.24, 2.45) is 5.92 Å². The Morgan fingerprint density at radius 1 is 1.30 bits per heavy atom. The number of fused-ring (bicyclic) bond motifs is 1. The number of hydrogen-bond acceptors (Lipinski definition) is 2. The number of rotatable bonds is 1. The van der Waals surface area contributed by atoms with Crippen LogP contribution >= 0.6 is 0 Å². The van der Waals surface area contributed by atoms with E-state index in [4.69, 9.17) is 9.47 Å². The Hall–Kier alpha value is -0.0800. The van der Waals surface area contributed by atoms with Gasteiger partial charge in [-0.05, 0) is 12.3 Å². The minimum Gasteiger partial charge on any atom is -0.381 e. The molecule has 0 radical (unpaired) electrons. The van der Waals surface area contributed by atoms with Crippen LogP contribution in [-0.2, 0) is 9.47 Å². The highest BCUT2D eigenvalue weighted by molar-refractivity contribution is 4.95. The van der Waals surface area contributed by atoms with Crippen LogP contribution in [0.4, 0.5) is 0 Å². The van der Waals surface area contributed by atoms with Crippen LogP contribution in [0.15, 0.2) is 0 Å². The molecule has 58 valence electrons. The van der Waals surface area contributed by atoms with Crippen LogP contribution in [0.3, 0.4) is 0 Å². The standard InChI is InChI=1S/C8H14O2/c1-5-3-7-8(10-7)4-6(5)9-2/h5-8H,3-4H2,1-2H3. The van der Waals surface area contributed by atoms with E-state index in [0.717, 1.165) is 6.42 Å². The summed E-state index contributed by atoms with van der Waals surface area (Å²) < 4.78 is 10.7. The quantitative estimate of drug-likeness (QED) is 0.513. The van der Waals surface area contributed by atoms with Gasteiger partial charge in [0.05, 0.1) is 18.3 Å². The highest BCUT2D eigenvalue weighted by Crippen LogP contribution is 2.40. The zero-order valence-electron chi connectivity index (χ0n) is 6.54. The lowest BCUT2D eigenvalue weighted by atomic mass is 9.88. The minimum absolute atomic E-state index is 0.448.